The highest BCUT2D eigenvalue weighted by molar-refractivity contribution is 7.51. The van der Waals surface area contributed by atoms with Crippen LogP contribution in [0.25, 0.3) is 0 Å². The molecule has 0 aliphatic rings. The van der Waals surface area contributed by atoms with Crippen molar-refractivity contribution >= 4 is 7.60 Å². The van der Waals surface area contributed by atoms with E-state index in [1.54, 1.807) is 7.11 Å². The first-order valence-corrected chi connectivity index (χ1v) is 18.8. The van der Waals surface area contributed by atoms with Gasteiger partial charge in [0.25, 0.3) is 0 Å². The van der Waals surface area contributed by atoms with Crippen molar-refractivity contribution in [3.05, 3.63) is 12.2 Å². The first kappa shape index (κ1) is 40.8. The molecule has 0 aromatic heterocycles. The molecule has 246 valence electrons. The molecule has 0 saturated carbocycles. The van der Waals surface area contributed by atoms with Crippen molar-refractivity contribution in [1.82, 2.24) is 0 Å². The van der Waals surface area contributed by atoms with Gasteiger partial charge in [0.15, 0.2) is 13.4 Å². The number of quaternary nitrogens is 1. The van der Waals surface area contributed by atoms with E-state index in [4.69, 9.17) is 14.0 Å². The highest BCUT2D eigenvalue weighted by Crippen LogP contribution is 2.48. The van der Waals surface area contributed by atoms with Crippen LogP contribution in [0.1, 0.15) is 149 Å². The number of hydrogen-bond acceptors (Lipinski definition) is 5. The van der Waals surface area contributed by atoms with Gasteiger partial charge in [-0.2, -0.15) is 0 Å². The zero-order chi connectivity index (χ0) is 30.7. The average molecular weight is 604 g/mol. The number of rotatable bonds is 31. The summed E-state index contributed by atoms with van der Waals surface area (Å²) in [5.41, 5.74) is 0. The van der Waals surface area contributed by atoms with Gasteiger partial charge in [0, 0.05) is 20.1 Å². The van der Waals surface area contributed by atoms with Crippen molar-refractivity contribution in [2.75, 3.05) is 48.1 Å². The van der Waals surface area contributed by atoms with Gasteiger partial charge in [0.2, 0.25) is 0 Å². The predicted molar refractivity (Wildman–Crippen MR) is 174 cm³/mol. The van der Waals surface area contributed by atoms with E-state index in [1.807, 2.05) is 28.1 Å². The quantitative estimate of drug-likeness (QED) is 0.0342. The van der Waals surface area contributed by atoms with Crippen LogP contribution in [0.4, 0.5) is 0 Å². The topological polar surface area (TPSA) is 67.8 Å². The predicted octanol–water partition coefficient (Wildman–Crippen LogP) is 9.41. The molecule has 0 rings (SSSR count). The summed E-state index contributed by atoms with van der Waals surface area (Å²) in [6.45, 7) is 5.32. The molecule has 0 saturated heterocycles. The Labute approximate surface area is 256 Å². The number of ether oxygens (including phenoxy) is 2. The van der Waals surface area contributed by atoms with Crippen molar-refractivity contribution in [2.24, 2.45) is 0 Å². The molecule has 0 radical (unpaired) electrons. The fourth-order valence-corrected chi connectivity index (χ4v) is 7.20. The van der Waals surface area contributed by atoms with Crippen LogP contribution in [-0.2, 0) is 18.6 Å². The summed E-state index contributed by atoms with van der Waals surface area (Å²) in [5, 5.41) is 0. The third-order valence-electron chi connectivity index (χ3n) is 7.93. The van der Waals surface area contributed by atoms with Gasteiger partial charge in [-0.15, -0.1) is 0 Å². The lowest BCUT2D eigenvalue weighted by atomic mass is 10.1. The Kier molecular flexibility index (Phi) is 27.2. The number of allylic oxidation sites excluding steroid dienone is 2. The van der Waals surface area contributed by atoms with Crippen molar-refractivity contribution < 1.29 is 27.9 Å². The monoisotopic (exact) mass is 603 g/mol. The normalized spacial score (nSPS) is 15.4. The number of methoxy groups -OCH3 is 1. The second-order valence-corrected chi connectivity index (χ2v) is 14.8. The minimum Gasteiger partial charge on any atom is -0.774 e. The Bertz CT molecular complexity index is 637. The van der Waals surface area contributed by atoms with Crippen LogP contribution in [0.2, 0.25) is 0 Å². The average Bonchev–Trinajstić information content (AvgIpc) is 2.93. The zero-order valence-electron chi connectivity index (χ0n) is 28.2. The van der Waals surface area contributed by atoms with Gasteiger partial charge in [-0.25, -0.2) is 0 Å². The molecule has 3 atom stereocenters. The fraction of sp³-hybridized carbons (Fsp3) is 0.941. The van der Waals surface area contributed by atoms with Crippen LogP contribution in [-0.4, -0.2) is 64.4 Å². The molecular weight excluding hydrogens is 533 g/mol. The van der Waals surface area contributed by atoms with E-state index >= 15 is 0 Å². The SMILES string of the molecule is CCCCCCCCCC/C=C\CCCCCCCCCCCOC[C@H](COP(=O)([O-])C(CCC)[N+](C)(C)C)OC. The van der Waals surface area contributed by atoms with Gasteiger partial charge in [-0.05, 0) is 38.5 Å². The molecular formula is C34H70NO5P. The largest absolute Gasteiger partial charge is 0.774 e. The van der Waals surface area contributed by atoms with Crippen LogP contribution in [0.15, 0.2) is 12.2 Å². The Morgan fingerprint density at radius 2 is 1.15 bits per heavy atom. The summed E-state index contributed by atoms with van der Waals surface area (Å²) >= 11 is 0. The third kappa shape index (κ3) is 24.9. The lowest BCUT2D eigenvalue weighted by Crippen LogP contribution is -2.47. The van der Waals surface area contributed by atoms with Crippen LogP contribution in [0.3, 0.4) is 0 Å². The molecule has 7 heteroatoms. The molecule has 0 fully saturated rings. The first-order chi connectivity index (χ1) is 19.7. The summed E-state index contributed by atoms with van der Waals surface area (Å²) in [6, 6.07) is 0. The van der Waals surface area contributed by atoms with Crippen LogP contribution in [0, 0.1) is 0 Å². The summed E-state index contributed by atoms with van der Waals surface area (Å²) in [7, 11) is 3.25. The smallest absolute Gasteiger partial charge is 0.193 e. The summed E-state index contributed by atoms with van der Waals surface area (Å²) in [5.74, 6) is -0.553. The van der Waals surface area contributed by atoms with Crippen LogP contribution < -0.4 is 4.89 Å². The highest BCUT2D eigenvalue weighted by atomic mass is 31.2. The molecule has 0 amide bonds. The van der Waals surface area contributed by atoms with Gasteiger partial charge >= 0.3 is 0 Å². The van der Waals surface area contributed by atoms with Crippen molar-refractivity contribution in [3.8, 4) is 0 Å². The minimum atomic E-state index is -4.01. The molecule has 0 N–H and O–H groups in total. The maximum atomic E-state index is 12.8. The summed E-state index contributed by atoms with van der Waals surface area (Å²) < 4.78 is 29.7. The standard InChI is InChI=1S/C34H70NO5P/c1-7-9-10-11-12-13-14-15-16-17-18-19-20-21-22-23-24-25-26-27-28-30-39-31-33(38-6)32-40-41(36,37)34(29-8-2)35(3,4)5/h17-18,33-34H,7-16,19-32H2,1-6H3/b18-17-/t33-,34?/m1/s1. The highest BCUT2D eigenvalue weighted by Gasteiger charge is 2.35. The van der Waals surface area contributed by atoms with Gasteiger partial charge in [-0.3, -0.25) is 0 Å². The van der Waals surface area contributed by atoms with E-state index in [0.29, 0.717) is 24.1 Å². The van der Waals surface area contributed by atoms with E-state index in [1.165, 1.54) is 116 Å². The van der Waals surface area contributed by atoms with E-state index < -0.39 is 13.4 Å². The van der Waals surface area contributed by atoms with Crippen molar-refractivity contribution in [1.29, 1.82) is 0 Å². The molecule has 6 nitrogen and oxygen atoms in total. The third-order valence-corrected chi connectivity index (χ3v) is 10.1. The molecule has 0 aromatic rings. The number of hydrogen-bond donors (Lipinski definition) is 0. The molecule has 0 aromatic carbocycles. The summed E-state index contributed by atoms with van der Waals surface area (Å²) in [4.78, 5) is 12.8. The molecule has 0 heterocycles. The Morgan fingerprint density at radius 3 is 1.59 bits per heavy atom. The second kappa shape index (κ2) is 27.3. The zero-order valence-corrected chi connectivity index (χ0v) is 29.1. The molecule has 0 aliphatic carbocycles. The lowest BCUT2D eigenvalue weighted by molar-refractivity contribution is -0.884. The number of unbranched alkanes of at least 4 members (excludes halogenated alkanes) is 17. The lowest BCUT2D eigenvalue weighted by Gasteiger charge is -2.41. The minimum absolute atomic E-state index is 0.00703. The van der Waals surface area contributed by atoms with Gasteiger partial charge in [0.1, 0.15) is 6.10 Å². The first-order valence-electron chi connectivity index (χ1n) is 17.2. The van der Waals surface area contributed by atoms with Gasteiger partial charge in [0.05, 0.1) is 34.4 Å². The van der Waals surface area contributed by atoms with Crippen LogP contribution in [0.5, 0.6) is 0 Å². The van der Waals surface area contributed by atoms with Crippen molar-refractivity contribution in [3.63, 3.8) is 0 Å². The fourth-order valence-electron chi connectivity index (χ4n) is 5.24. The Balaban J connectivity index is 3.60. The molecule has 0 spiro atoms. The Hall–Kier alpha value is -0.230. The molecule has 0 aliphatic heterocycles. The second-order valence-electron chi connectivity index (χ2n) is 12.9. The maximum absolute atomic E-state index is 12.8. The Morgan fingerprint density at radius 1 is 0.683 bits per heavy atom. The van der Waals surface area contributed by atoms with E-state index in [9.17, 15) is 9.46 Å². The van der Waals surface area contributed by atoms with Crippen molar-refractivity contribution in [2.45, 2.75) is 161 Å². The van der Waals surface area contributed by atoms with Gasteiger partial charge < -0.3 is 27.9 Å². The molecule has 41 heavy (non-hydrogen) atoms. The van der Waals surface area contributed by atoms with Gasteiger partial charge in [-0.1, -0.05) is 116 Å². The number of nitrogens with zero attached hydrogens (tertiary/aromatic N) is 1. The molecule has 0 bridgehead atoms. The van der Waals surface area contributed by atoms with E-state index in [0.717, 1.165) is 12.8 Å². The maximum Gasteiger partial charge on any atom is 0.193 e. The van der Waals surface area contributed by atoms with Crippen LogP contribution >= 0.6 is 7.60 Å². The van der Waals surface area contributed by atoms with E-state index in [2.05, 4.69) is 19.1 Å². The summed E-state index contributed by atoms with van der Waals surface area (Å²) in [6.07, 6.45) is 31.0. The van der Waals surface area contributed by atoms with E-state index in [-0.39, 0.29) is 12.7 Å². The molecule has 2 unspecified atom stereocenters.